The number of rotatable bonds is 8. The molecule has 0 fully saturated rings. The van der Waals surface area contributed by atoms with Crippen LogP contribution in [0.25, 0.3) is 0 Å². The molecule has 0 saturated carbocycles. The molecule has 0 spiro atoms. The highest BCUT2D eigenvalue weighted by atomic mass is 19.1. The Morgan fingerprint density at radius 1 is 1.17 bits per heavy atom. The summed E-state index contributed by atoms with van der Waals surface area (Å²) in [5, 5.41) is 9.33. The van der Waals surface area contributed by atoms with Crippen molar-refractivity contribution in [2.24, 2.45) is 0 Å². The summed E-state index contributed by atoms with van der Waals surface area (Å²) in [4.78, 5) is 16.6. The lowest BCUT2D eigenvalue weighted by Crippen LogP contribution is -2.38. The van der Waals surface area contributed by atoms with E-state index in [4.69, 9.17) is 4.74 Å². The Kier molecular flexibility index (Phi) is 6.55. The molecule has 2 aromatic rings. The van der Waals surface area contributed by atoms with Crippen molar-refractivity contribution in [2.75, 3.05) is 40.3 Å². The summed E-state index contributed by atoms with van der Waals surface area (Å²) in [7, 11) is 3.90. The van der Waals surface area contributed by atoms with E-state index >= 15 is 0 Å². The molecule has 5 nitrogen and oxygen atoms in total. The topological polar surface area (TPSA) is 53.0 Å². The molecule has 1 aliphatic rings. The zero-order valence-corrected chi connectivity index (χ0v) is 17.3. The SMILES string of the molecule is CN(C)CCN(CCO)C(=O)c1ccc2c(c1)C[C@](C)(Cc1ccccc1F)O2. The number of halogens is 1. The predicted octanol–water partition coefficient (Wildman–Crippen LogP) is 2.76. The Hall–Kier alpha value is -2.44. The van der Waals surface area contributed by atoms with Crippen molar-refractivity contribution >= 4 is 5.91 Å². The first kappa shape index (κ1) is 21.3. The Morgan fingerprint density at radius 2 is 1.93 bits per heavy atom. The molecule has 1 aliphatic heterocycles. The van der Waals surface area contributed by atoms with E-state index in [2.05, 4.69) is 0 Å². The van der Waals surface area contributed by atoms with Crippen LogP contribution in [0, 0.1) is 5.82 Å². The number of fused-ring (bicyclic) bond motifs is 1. The summed E-state index contributed by atoms with van der Waals surface area (Å²) in [5.74, 6) is 0.401. The van der Waals surface area contributed by atoms with Gasteiger partial charge in [-0.15, -0.1) is 0 Å². The minimum absolute atomic E-state index is 0.0755. The van der Waals surface area contributed by atoms with Crippen LogP contribution < -0.4 is 4.74 Å². The molecule has 2 aromatic carbocycles. The average Bonchev–Trinajstić information content (AvgIpc) is 3.01. The standard InChI is InChI=1S/C23H29FN2O3/c1-23(15-18-6-4-5-7-20(18)24)16-19-14-17(8-9-21(19)29-23)22(28)26(12-13-27)11-10-25(2)3/h4-9,14,27H,10-13,15-16H2,1-3H3/t23-/m0/s1. The molecule has 156 valence electrons. The number of ether oxygens (including phenoxy) is 1. The van der Waals surface area contributed by atoms with E-state index in [1.54, 1.807) is 23.1 Å². The van der Waals surface area contributed by atoms with E-state index in [1.165, 1.54) is 6.07 Å². The van der Waals surface area contributed by atoms with Gasteiger partial charge in [0.2, 0.25) is 0 Å². The molecule has 6 heteroatoms. The van der Waals surface area contributed by atoms with Gasteiger partial charge in [-0.25, -0.2) is 4.39 Å². The third-order valence-electron chi connectivity index (χ3n) is 5.22. The molecular weight excluding hydrogens is 371 g/mol. The average molecular weight is 400 g/mol. The highest BCUT2D eigenvalue weighted by Gasteiger charge is 2.36. The van der Waals surface area contributed by atoms with E-state index in [-0.39, 0.29) is 18.3 Å². The second kappa shape index (κ2) is 8.93. The van der Waals surface area contributed by atoms with Crippen LogP contribution in [0.4, 0.5) is 4.39 Å². The monoisotopic (exact) mass is 400 g/mol. The summed E-state index contributed by atoms with van der Waals surface area (Å²) in [6.45, 7) is 3.46. The fourth-order valence-electron chi connectivity index (χ4n) is 3.74. The summed E-state index contributed by atoms with van der Waals surface area (Å²) >= 11 is 0. The zero-order valence-electron chi connectivity index (χ0n) is 17.3. The molecule has 29 heavy (non-hydrogen) atoms. The second-order valence-electron chi connectivity index (χ2n) is 8.14. The predicted molar refractivity (Wildman–Crippen MR) is 111 cm³/mol. The van der Waals surface area contributed by atoms with Crippen LogP contribution in [-0.4, -0.2) is 66.8 Å². The molecule has 0 unspecified atom stereocenters. The Labute approximate surface area is 171 Å². The van der Waals surface area contributed by atoms with Crippen molar-refractivity contribution in [3.05, 3.63) is 65.0 Å². The maximum atomic E-state index is 14.1. The lowest BCUT2D eigenvalue weighted by molar-refractivity contribution is 0.0710. The minimum Gasteiger partial charge on any atom is -0.487 e. The number of carbonyl (C=O) groups is 1. The van der Waals surface area contributed by atoms with E-state index in [1.807, 2.05) is 44.1 Å². The van der Waals surface area contributed by atoms with Gasteiger partial charge in [0.25, 0.3) is 5.91 Å². The fourth-order valence-corrected chi connectivity index (χ4v) is 3.74. The summed E-state index contributed by atoms with van der Waals surface area (Å²) in [5.41, 5.74) is 1.60. The lowest BCUT2D eigenvalue weighted by Gasteiger charge is -2.24. The van der Waals surface area contributed by atoms with E-state index in [0.29, 0.717) is 37.1 Å². The Morgan fingerprint density at radius 3 is 2.62 bits per heavy atom. The number of amides is 1. The van der Waals surface area contributed by atoms with Crippen molar-refractivity contribution in [1.29, 1.82) is 0 Å². The number of benzene rings is 2. The van der Waals surface area contributed by atoms with E-state index < -0.39 is 5.60 Å². The van der Waals surface area contributed by atoms with Crippen LogP contribution >= 0.6 is 0 Å². The summed E-state index contributed by atoms with van der Waals surface area (Å²) in [6.07, 6.45) is 1.06. The number of carbonyl (C=O) groups excluding carboxylic acids is 1. The van der Waals surface area contributed by atoms with Crippen molar-refractivity contribution in [2.45, 2.75) is 25.4 Å². The molecule has 1 amide bonds. The summed E-state index contributed by atoms with van der Waals surface area (Å²) < 4.78 is 20.2. The van der Waals surface area contributed by atoms with Gasteiger partial charge < -0.3 is 19.6 Å². The highest BCUT2D eigenvalue weighted by Crippen LogP contribution is 2.38. The van der Waals surface area contributed by atoms with Gasteiger partial charge in [-0.05, 0) is 56.4 Å². The van der Waals surface area contributed by atoms with Gasteiger partial charge >= 0.3 is 0 Å². The summed E-state index contributed by atoms with van der Waals surface area (Å²) in [6, 6.07) is 12.2. The van der Waals surface area contributed by atoms with Crippen LogP contribution in [0.5, 0.6) is 5.75 Å². The number of hydrogen-bond donors (Lipinski definition) is 1. The first-order chi connectivity index (χ1) is 13.8. The quantitative estimate of drug-likeness (QED) is 0.740. The number of aliphatic hydroxyl groups excluding tert-OH is 1. The maximum absolute atomic E-state index is 14.1. The third kappa shape index (κ3) is 5.14. The smallest absolute Gasteiger partial charge is 0.253 e. The molecule has 1 atom stereocenters. The number of likely N-dealkylation sites (N-methyl/N-ethyl adjacent to an activating group) is 1. The molecule has 3 rings (SSSR count). The van der Waals surface area contributed by atoms with Crippen LogP contribution in [-0.2, 0) is 12.8 Å². The normalized spacial score (nSPS) is 17.9. The van der Waals surface area contributed by atoms with Crippen LogP contribution in [0.3, 0.4) is 0 Å². The molecule has 0 saturated heterocycles. The maximum Gasteiger partial charge on any atom is 0.253 e. The van der Waals surface area contributed by atoms with Crippen LogP contribution in [0.2, 0.25) is 0 Å². The van der Waals surface area contributed by atoms with Gasteiger partial charge in [-0.1, -0.05) is 18.2 Å². The highest BCUT2D eigenvalue weighted by molar-refractivity contribution is 5.94. The molecule has 0 aliphatic carbocycles. The Balaban J connectivity index is 1.75. The van der Waals surface area contributed by atoms with E-state index in [0.717, 1.165) is 17.9 Å². The molecule has 0 aromatic heterocycles. The zero-order chi connectivity index (χ0) is 21.0. The molecule has 1 N–H and O–H groups in total. The van der Waals surface area contributed by atoms with Crippen molar-refractivity contribution in [1.82, 2.24) is 9.80 Å². The minimum atomic E-state index is -0.554. The largest absolute Gasteiger partial charge is 0.487 e. The molecule has 0 bridgehead atoms. The first-order valence-electron chi connectivity index (χ1n) is 9.91. The van der Waals surface area contributed by atoms with Crippen LogP contribution in [0.15, 0.2) is 42.5 Å². The van der Waals surface area contributed by atoms with Gasteiger partial charge in [0.1, 0.15) is 17.2 Å². The van der Waals surface area contributed by atoms with Gasteiger partial charge in [0, 0.05) is 38.0 Å². The van der Waals surface area contributed by atoms with Gasteiger partial charge in [-0.2, -0.15) is 0 Å². The first-order valence-corrected chi connectivity index (χ1v) is 9.91. The fraction of sp³-hybridized carbons (Fsp3) is 0.435. The molecular formula is C23H29FN2O3. The van der Waals surface area contributed by atoms with Crippen LogP contribution in [0.1, 0.15) is 28.4 Å². The van der Waals surface area contributed by atoms with Crippen molar-refractivity contribution < 1.29 is 19.0 Å². The van der Waals surface area contributed by atoms with Crippen molar-refractivity contribution in [3.8, 4) is 5.75 Å². The van der Waals surface area contributed by atoms with E-state index in [9.17, 15) is 14.3 Å². The van der Waals surface area contributed by atoms with Gasteiger partial charge in [0.05, 0.1) is 6.61 Å². The van der Waals surface area contributed by atoms with Gasteiger partial charge in [-0.3, -0.25) is 4.79 Å². The lowest BCUT2D eigenvalue weighted by atomic mass is 9.91. The van der Waals surface area contributed by atoms with Gasteiger partial charge in [0.15, 0.2) is 0 Å². The Bertz CT molecular complexity index is 871. The second-order valence-corrected chi connectivity index (χ2v) is 8.14. The number of nitrogens with zero attached hydrogens (tertiary/aromatic N) is 2. The van der Waals surface area contributed by atoms with Crippen molar-refractivity contribution in [3.63, 3.8) is 0 Å². The molecule has 0 radical (unpaired) electrons. The number of aliphatic hydroxyl groups is 1. The third-order valence-corrected chi connectivity index (χ3v) is 5.22. The number of hydrogen-bond acceptors (Lipinski definition) is 4. The molecule has 1 heterocycles.